The molecule has 0 saturated heterocycles. The van der Waals surface area contributed by atoms with Gasteiger partial charge in [-0.25, -0.2) is 0 Å². The number of nitrogens with zero attached hydrogens (tertiary/aromatic N) is 2. The van der Waals surface area contributed by atoms with Gasteiger partial charge in [0, 0.05) is 30.5 Å². The Bertz CT molecular complexity index is 324. The normalized spacial score (nSPS) is 11.5. The lowest BCUT2D eigenvalue weighted by atomic mass is 10.1. The number of hydrogen-bond donors (Lipinski definition) is 0. The van der Waals surface area contributed by atoms with Crippen molar-refractivity contribution in [3.05, 3.63) is 23.2 Å². The van der Waals surface area contributed by atoms with E-state index in [-0.39, 0.29) is 0 Å². The van der Waals surface area contributed by atoms with Crippen molar-refractivity contribution in [3.63, 3.8) is 0 Å². The number of fused-ring (bicyclic) bond motifs is 1. The van der Waals surface area contributed by atoms with E-state index in [0.29, 0.717) is 0 Å². The molecule has 2 rings (SSSR count). The quantitative estimate of drug-likeness (QED) is 0.653. The Morgan fingerprint density at radius 2 is 1.87 bits per heavy atom. The van der Waals surface area contributed by atoms with Gasteiger partial charge in [-0.05, 0) is 6.92 Å². The van der Waals surface area contributed by atoms with E-state index in [4.69, 9.17) is 4.52 Å². The fraction of sp³-hybridized carbons (Fsp3) is 0.500. The summed E-state index contributed by atoms with van der Waals surface area (Å²) in [5.74, 6) is 0.833. The van der Waals surface area contributed by atoms with E-state index in [2.05, 4.69) is 10.1 Å². The number of hydrogen-bond acceptors (Lipinski definition) is 3. The average Bonchev–Trinajstić information content (AvgIpc) is 2.56. The molecule has 0 bridgehead atoms. The highest BCUT2D eigenvalue weighted by atomic mass is 16.5. The average molecular weight is 208 g/mol. The third-order valence-electron chi connectivity index (χ3n) is 1.73. The molecule has 0 atom stereocenters. The zero-order valence-electron chi connectivity index (χ0n) is 10.2. The molecule has 0 radical (unpaired) electrons. The van der Waals surface area contributed by atoms with Gasteiger partial charge in [-0.15, -0.1) is 0 Å². The highest BCUT2D eigenvalue weighted by Gasteiger charge is 2.09. The highest BCUT2D eigenvalue weighted by Crippen LogP contribution is 2.16. The van der Waals surface area contributed by atoms with Crippen LogP contribution in [-0.2, 0) is 6.42 Å². The summed E-state index contributed by atoms with van der Waals surface area (Å²) in [5.41, 5.74) is 2.10. The maximum Gasteiger partial charge on any atom is 0.164 e. The van der Waals surface area contributed by atoms with E-state index in [1.165, 1.54) is 0 Å². The summed E-state index contributed by atoms with van der Waals surface area (Å²) in [5, 5.41) is 3.85. The van der Waals surface area contributed by atoms with Gasteiger partial charge in [0.1, 0.15) is 0 Å². The van der Waals surface area contributed by atoms with Crippen molar-refractivity contribution in [1.29, 1.82) is 0 Å². The third kappa shape index (κ3) is 3.70. The summed E-state index contributed by atoms with van der Waals surface area (Å²) in [6.45, 7) is 9.94. The van der Waals surface area contributed by atoms with Gasteiger partial charge in [-0.1, -0.05) is 32.9 Å². The van der Waals surface area contributed by atoms with E-state index in [1.54, 1.807) is 6.20 Å². The molecule has 3 heteroatoms. The van der Waals surface area contributed by atoms with Crippen molar-refractivity contribution in [2.24, 2.45) is 4.99 Å². The highest BCUT2D eigenvalue weighted by molar-refractivity contribution is 5.68. The van der Waals surface area contributed by atoms with Crippen molar-refractivity contribution in [2.75, 3.05) is 0 Å². The number of aromatic nitrogens is 1. The Labute approximate surface area is 91.9 Å². The molecule has 0 fully saturated rings. The van der Waals surface area contributed by atoms with Gasteiger partial charge in [0.05, 0.1) is 5.69 Å². The summed E-state index contributed by atoms with van der Waals surface area (Å²) >= 11 is 0. The summed E-state index contributed by atoms with van der Waals surface area (Å²) in [4.78, 5) is 4.01. The first kappa shape index (κ1) is 13.6. The lowest BCUT2D eigenvalue weighted by Gasteiger charge is -1.88. The van der Waals surface area contributed by atoms with Crippen LogP contribution >= 0.6 is 0 Å². The molecule has 0 aromatic carbocycles. The monoisotopic (exact) mass is 208 g/mol. The van der Waals surface area contributed by atoms with Gasteiger partial charge in [0.2, 0.25) is 0 Å². The van der Waals surface area contributed by atoms with Crippen LogP contribution < -0.4 is 0 Å². The van der Waals surface area contributed by atoms with Gasteiger partial charge in [-0.3, -0.25) is 4.99 Å². The Morgan fingerprint density at radius 3 is 2.53 bits per heavy atom. The van der Waals surface area contributed by atoms with E-state index >= 15 is 0 Å². The summed E-state index contributed by atoms with van der Waals surface area (Å²) in [6, 6.07) is 0. The van der Waals surface area contributed by atoms with Crippen molar-refractivity contribution in [1.82, 2.24) is 5.16 Å². The van der Waals surface area contributed by atoms with Crippen LogP contribution in [0.4, 0.5) is 0 Å². The maximum absolute atomic E-state index is 5.05. The smallest absolute Gasteiger partial charge is 0.164 e. The molecule has 0 unspecified atom stereocenters. The molecule has 0 saturated carbocycles. The molecule has 0 N–H and O–H groups in total. The molecule has 1 aromatic heterocycles. The molecule has 3 nitrogen and oxygen atoms in total. The SMILES string of the molecule is CC.CC.Cc1noc2c1CC=NC=C2. The Balaban J connectivity index is 0.000000442. The van der Waals surface area contributed by atoms with E-state index in [9.17, 15) is 0 Å². The number of aliphatic imine (C=N–C) groups is 1. The van der Waals surface area contributed by atoms with Crippen molar-refractivity contribution in [3.8, 4) is 0 Å². The predicted molar refractivity (Wildman–Crippen MR) is 65.2 cm³/mol. The zero-order valence-corrected chi connectivity index (χ0v) is 10.2. The van der Waals surface area contributed by atoms with Crippen LogP contribution in [0.5, 0.6) is 0 Å². The second kappa shape index (κ2) is 7.97. The van der Waals surface area contributed by atoms with Gasteiger partial charge < -0.3 is 4.52 Å². The molecule has 15 heavy (non-hydrogen) atoms. The lowest BCUT2D eigenvalue weighted by molar-refractivity contribution is 0.407. The Kier molecular flexibility index (Phi) is 7.24. The van der Waals surface area contributed by atoms with Gasteiger partial charge in [0.25, 0.3) is 0 Å². The molecule has 1 aliphatic rings. The fourth-order valence-electron chi connectivity index (χ4n) is 1.10. The van der Waals surface area contributed by atoms with Crippen molar-refractivity contribution >= 4 is 12.3 Å². The fourth-order valence-corrected chi connectivity index (χ4v) is 1.10. The number of aryl methyl sites for hydroxylation is 1. The zero-order chi connectivity index (χ0) is 11.7. The molecule has 0 aliphatic carbocycles. The molecular formula is C12H20N2O. The summed E-state index contributed by atoms with van der Waals surface area (Å²) in [6.07, 6.45) is 6.22. The second-order valence-corrected chi connectivity index (χ2v) is 2.46. The minimum atomic E-state index is 0.817. The first-order valence-electron chi connectivity index (χ1n) is 5.51. The van der Waals surface area contributed by atoms with Crippen LogP contribution in [0.2, 0.25) is 0 Å². The molecule has 0 amide bonds. The van der Waals surface area contributed by atoms with Gasteiger partial charge >= 0.3 is 0 Å². The maximum atomic E-state index is 5.05. The van der Waals surface area contributed by atoms with Crippen LogP contribution in [0.3, 0.4) is 0 Å². The van der Waals surface area contributed by atoms with Crippen LogP contribution in [-0.4, -0.2) is 11.4 Å². The first-order chi connectivity index (χ1) is 7.38. The van der Waals surface area contributed by atoms with Crippen LogP contribution in [0.1, 0.15) is 44.7 Å². The van der Waals surface area contributed by atoms with Crippen molar-refractivity contribution in [2.45, 2.75) is 41.0 Å². The molecular weight excluding hydrogens is 188 g/mol. The lowest BCUT2D eigenvalue weighted by Crippen LogP contribution is -1.87. The summed E-state index contributed by atoms with van der Waals surface area (Å²) in [7, 11) is 0. The van der Waals surface area contributed by atoms with Gasteiger partial charge in [0.15, 0.2) is 5.76 Å². The van der Waals surface area contributed by atoms with E-state index in [0.717, 1.165) is 23.4 Å². The minimum absolute atomic E-state index is 0.817. The minimum Gasteiger partial charge on any atom is -0.356 e. The molecule has 0 spiro atoms. The second-order valence-electron chi connectivity index (χ2n) is 2.46. The first-order valence-corrected chi connectivity index (χ1v) is 5.51. The molecule has 2 heterocycles. The van der Waals surface area contributed by atoms with Crippen LogP contribution in [0.15, 0.2) is 15.7 Å². The Morgan fingerprint density at radius 1 is 1.20 bits per heavy atom. The number of rotatable bonds is 0. The predicted octanol–water partition coefficient (Wildman–Crippen LogP) is 3.63. The molecule has 84 valence electrons. The topological polar surface area (TPSA) is 38.4 Å². The third-order valence-corrected chi connectivity index (χ3v) is 1.73. The molecule has 1 aliphatic heterocycles. The Hall–Kier alpha value is -1.38. The van der Waals surface area contributed by atoms with Crippen LogP contribution in [0, 0.1) is 6.92 Å². The van der Waals surface area contributed by atoms with E-state index < -0.39 is 0 Å². The largest absolute Gasteiger partial charge is 0.356 e. The molecule has 1 aromatic rings. The van der Waals surface area contributed by atoms with Crippen molar-refractivity contribution < 1.29 is 4.52 Å². The standard InChI is InChI=1S/C8H8N2O.2C2H6/c1-6-7-2-4-9-5-3-8(7)11-10-6;2*1-2/h3-5H,2H2,1H3;2*1-2H3. The van der Waals surface area contributed by atoms with Gasteiger partial charge in [-0.2, -0.15) is 0 Å². The van der Waals surface area contributed by atoms with Crippen LogP contribution in [0.25, 0.3) is 6.08 Å². The van der Waals surface area contributed by atoms with E-state index in [1.807, 2.05) is 46.9 Å². The summed E-state index contributed by atoms with van der Waals surface area (Å²) < 4.78 is 5.05.